The molecule has 3 N–H and O–H groups in total. The molecule has 1 unspecified atom stereocenters. The molecular weight excluding hydrogens is 342 g/mol. The standard InChI is InChI=1S/C21H29N3O3/c1-4-22-21(23-13-12-16-8-5-6-11-20(16)27-3)24-15-19(25)17-9-7-10-18(14-17)26-2/h5-11,14,19,25H,4,12-13,15H2,1-3H3,(H2,22,23,24). The maximum atomic E-state index is 10.4. The molecule has 0 aliphatic carbocycles. The normalized spacial score (nSPS) is 12.4. The van der Waals surface area contributed by atoms with Crippen molar-refractivity contribution in [1.29, 1.82) is 0 Å². The molecule has 27 heavy (non-hydrogen) atoms. The van der Waals surface area contributed by atoms with Gasteiger partial charge in [-0.1, -0.05) is 30.3 Å². The average molecular weight is 371 g/mol. The number of aliphatic hydroxyl groups is 1. The van der Waals surface area contributed by atoms with Crippen LogP contribution in [-0.2, 0) is 6.42 Å². The minimum absolute atomic E-state index is 0.261. The van der Waals surface area contributed by atoms with Crippen LogP contribution in [0.15, 0.2) is 53.5 Å². The first-order chi connectivity index (χ1) is 13.2. The second kappa shape index (κ2) is 11.1. The number of benzene rings is 2. The third-order valence-electron chi connectivity index (χ3n) is 4.12. The highest BCUT2D eigenvalue weighted by atomic mass is 16.5. The number of aliphatic hydroxyl groups excluding tert-OH is 1. The lowest BCUT2D eigenvalue weighted by molar-refractivity contribution is 0.186. The average Bonchev–Trinajstić information content (AvgIpc) is 2.72. The first kappa shape index (κ1) is 20.6. The van der Waals surface area contributed by atoms with Crippen LogP contribution < -0.4 is 20.1 Å². The van der Waals surface area contributed by atoms with E-state index in [9.17, 15) is 5.11 Å². The fourth-order valence-corrected chi connectivity index (χ4v) is 2.70. The van der Waals surface area contributed by atoms with Crippen LogP contribution in [0.25, 0.3) is 0 Å². The molecule has 146 valence electrons. The molecule has 6 heteroatoms. The van der Waals surface area contributed by atoms with E-state index >= 15 is 0 Å². The summed E-state index contributed by atoms with van der Waals surface area (Å²) < 4.78 is 10.6. The van der Waals surface area contributed by atoms with E-state index in [4.69, 9.17) is 9.47 Å². The summed E-state index contributed by atoms with van der Waals surface area (Å²) in [6.45, 7) is 3.73. The number of hydrogen-bond acceptors (Lipinski definition) is 4. The van der Waals surface area contributed by atoms with Crippen molar-refractivity contribution in [2.24, 2.45) is 4.99 Å². The predicted octanol–water partition coefficient (Wildman–Crippen LogP) is 2.54. The molecule has 0 aliphatic heterocycles. The van der Waals surface area contributed by atoms with Gasteiger partial charge in [-0.15, -0.1) is 0 Å². The lowest BCUT2D eigenvalue weighted by atomic mass is 10.1. The summed E-state index contributed by atoms with van der Waals surface area (Å²) >= 11 is 0. The molecule has 0 bridgehead atoms. The van der Waals surface area contributed by atoms with Gasteiger partial charge in [-0.3, -0.25) is 4.99 Å². The van der Waals surface area contributed by atoms with Gasteiger partial charge in [0.2, 0.25) is 0 Å². The zero-order valence-electron chi connectivity index (χ0n) is 16.2. The van der Waals surface area contributed by atoms with E-state index in [1.807, 2.05) is 49.4 Å². The minimum Gasteiger partial charge on any atom is -0.497 e. The van der Waals surface area contributed by atoms with Gasteiger partial charge < -0.3 is 25.2 Å². The smallest absolute Gasteiger partial charge is 0.191 e. The van der Waals surface area contributed by atoms with Crippen LogP contribution in [0.3, 0.4) is 0 Å². The summed E-state index contributed by atoms with van der Waals surface area (Å²) in [7, 11) is 3.29. The SMILES string of the molecule is CCNC(=NCC(O)c1cccc(OC)c1)NCCc1ccccc1OC. The Kier molecular flexibility index (Phi) is 8.45. The third-order valence-corrected chi connectivity index (χ3v) is 4.12. The Hall–Kier alpha value is -2.73. The molecule has 2 aromatic rings. The Balaban J connectivity index is 1.93. The van der Waals surface area contributed by atoms with Crippen LogP contribution >= 0.6 is 0 Å². The van der Waals surface area contributed by atoms with Crippen LogP contribution in [0.4, 0.5) is 0 Å². The second-order valence-electron chi connectivity index (χ2n) is 6.00. The van der Waals surface area contributed by atoms with Crippen molar-refractivity contribution in [3.8, 4) is 11.5 Å². The van der Waals surface area contributed by atoms with Gasteiger partial charge in [0.05, 0.1) is 26.9 Å². The largest absolute Gasteiger partial charge is 0.497 e. The van der Waals surface area contributed by atoms with Crippen molar-refractivity contribution in [3.05, 3.63) is 59.7 Å². The van der Waals surface area contributed by atoms with Gasteiger partial charge >= 0.3 is 0 Å². The molecule has 6 nitrogen and oxygen atoms in total. The Labute approximate surface area is 161 Å². The van der Waals surface area contributed by atoms with Crippen molar-refractivity contribution in [2.45, 2.75) is 19.4 Å². The number of methoxy groups -OCH3 is 2. The summed E-state index contributed by atoms with van der Waals surface area (Å²) in [6, 6.07) is 15.4. The van der Waals surface area contributed by atoms with Gasteiger partial charge in [-0.25, -0.2) is 0 Å². The highest BCUT2D eigenvalue weighted by Crippen LogP contribution is 2.19. The van der Waals surface area contributed by atoms with Gasteiger partial charge in [0.15, 0.2) is 5.96 Å². The molecule has 0 saturated carbocycles. The summed E-state index contributed by atoms with van der Waals surface area (Å²) in [5.41, 5.74) is 1.92. The third kappa shape index (κ3) is 6.49. The molecule has 0 amide bonds. The van der Waals surface area contributed by atoms with Crippen LogP contribution in [-0.4, -0.2) is 44.9 Å². The van der Waals surface area contributed by atoms with Crippen LogP contribution in [0, 0.1) is 0 Å². The van der Waals surface area contributed by atoms with Gasteiger partial charge in [0, 0.05) is 13.1 Å². The quantitative estimate of drug-likeness (QED) is 0.467. The lowest BCUT2D eigenvalue weighted by Gasteiger charge is -2.14. The van der Waals surface area contributed by atoms with Gasteiger partial charge in [0.1, 0.15) is 11.5 Å². The molecule has 1 atom stereocenters. The van der Waals surface area contributed by atoms with Crippen molar-refractivity contribution >= 4 is 5.96 Å². The predicted molar refractivity (Wildman–Crippen MR) is 109 cm³/mol. The summed E-state index contributed by atoms with van der Waals surface area (Å²) in [6.07, 6.45) is 0.122. The second-order valence-corrected chi connectivity index (χ2v) is 6.00. The summed E-state index contributed by atoms with van der Waals surface area (Å²) in [4.78, 5) is 4.49. The zero-order valence-corrected chi connectivity index (χ0v) is 16.2. The molecule has 0 heterocycles. The Morgan fingerprint density at radius 2 is 1.89 bits per heavy atom. The fourth-order valence-electron chi connectivity index (χ4n) is 2.70. The van der Waals surface area contributed by atoms with E-state index in [-0.39, 0.29) is 6.54 Å². The van der Waals surface area contributed by atoms with Gasteiger partial charge in [-0.05, 0) is 42.7 Å². The number of para-hydroxylation sites is 1. The minimum atomic E-state index is -0.690. The molecule has 0 radical (unpaired) electrons. The van der Waals surface area contributed by atoms with E-state index in [1.54, 1.807) is 14.2 Å². The van der Waals surface area contributed by atoms with E-state index in [1.165, 1.54) is 0 Å². The first-order valence-electron chi connectivity index (χ1n) is 9.14. The van der Waals surface area contributed by atoms with Crippen LogP contribution in [0.2, 0.25) is 0 Å². The number of rotatable bonds is 9. The highest BCUT2D eigenvalue weighted by molar-refractivity contribution is 5.79. The topological polar surface area (TPSA) is 75.1 Å². The lowest BCUT2D eigenvalue weighted by Crippen LogP contribution is -2.38. The van der Waals surface area contributed by atoms with E-state index in [0.29, 0.717) is 12.5 Å². The molecule has 0 aliphatic rings. The number of aliphatic imine (C=N–C) groups is 1. The maximum Gasteiger partial charge on any atom is 0.191 e. The molecule has 0 aromatic heterocycles. The zero-order chi connectivity index (χ0) is 19.5. The monoisotopic (exact) mass is 371 g/mol. The van der Waals surface area contributed by atoms with Gasteiger partial charge in [-0.2, -0.15) is 0 Å². The van der Waals surface area contributed by atoms with E-state index < -0.39 is 6.10 Å². The van der Waals surface area contributed by atoms with E-state index in [0.717, 1.165) is 35.6 Å². The van der Waals surface area contributed by atoms with Crippen molar-refractivity contribution in [1.82, 2.24) is 10.6 Å². The number of nitrogens with one attached hydrogen (secondary N) is 2. The van der Waals surface area contributed by atoms with Crippen LogP contribution in [0.1, 0.15) is 24.2 Å². The molecule has 0 spiro atoms. The van der Waals surface area contributed by atoms with Crippen molar-refractivity contribution < 1.29 is 14.6 Å². The molecule has 0 fully saturated rings. The van der Waals surface area contributed by atoms with Crippen molar-refractivity contribution in [2.75, 3.05) is 33.9 Å². The molecule has 2 rings (SSSR count). The van der Waals surface area contributed by atoms with Gasteiger partial charge in [0.25, 0.3) is 0 Å². The number of hydrogen-bond donors (Lipinski definition) is 3. The summed E-state index contributed by atoms with van der Waals surface area (Å²) in [5.74, 6) is 2.28. The molecule has 2 aromatic carbocycles. The maximum absolute atomic E-state index is 10.4. The fraction of sp³-hybridized carbons (Fsp3) is 0.381. The Morgan fingerprint density at radius 3 is 2.63 bits per heavy atom. The number of nitrogens with zero attached hydrogens (tertiary/aromatic N) is 1. The van der Waals surface area contributed by atoms with Crippen molar-refractivity contribution in [3.63, 3.8) is 0 Å². The Morgan fingerprint density at radius 1 is 1.07 bits per heavy atom. The summed E-state index contributed by atoms with van der Waals surface area (Å²) in [5, 5.41) is 16.9. The Bertz CT molecular complexity index is 734. The number of ether oxygens (including phenoxy) is 2. The molecular formula is C21H29N3O3. The number of guanidine groups is 1. The van der Waals surface area contributed by atoms with Crippen LogP contribution in [0.5, 0.6) is 11.5 Å². The first-order valence-corrected chi connectivity index (χ1v) is 9.14. The molecule has 0 saturated heterocycles. The van der Waals surface area contributed by atoms with E-state index in [2.05, 4.69) is 21.7 Å². The highest BCUT2D eigenvalue weighted by Gasteiger charge is 2.09.